The van der Waals surface area contributed by atoms with E-state index < -0.39 is 4.92 Å². The molecule has 3 aromatic rings. The van der Waals surface area contributed by atoms with Gasteiger partial charge in [-0.3, -0.25) is 10.1 Å². The van der Waals surface area contributed by atoms with E-state index in [0.29, 0.717) is 32.7 Å². The number of nitro benzene ring substituents is 1. The molecule has 0 atom stereocenters. The lowest BCUT2D eigenvalue weighted by Gasteiger charge is -2.02. The highest BCUT2D eigenvalue weighted by atomic mass is 35.5. The maximum absolute atomic E-state index is 10.7. The van der Waals surface area contributed by atoms with Crippen LogP contribution in [0.1, 0.15) is 11.3 Å². The van der Waals surface area contributed by atoms with Crippen molar-refractivity contribution in [3.05, 3.63) is 86.1 Å². The molecule has 1 heterocycles. The molecule has 26 heavy (non-hydrogen) atoms. The minimum absolute atomic E-state index is 0.00385. The Labute approximate surface area is 158 Å². The first-order valence-corrected chi connectivity index (χ1v) is 8.23. The quantitative estimate of drug-likeness (QED) is 0.306. The molecule has 132 valence electrons. The second-order valence-electron chi connectivity index (χ2n) is 5.24. The maximum Gasteiger partial charge on any atom is 0.269 e. The number of hydrogen-bond acceptors (Lipinski definition) is 5. The van der Waals surface area contributed by atoms with Gasteiger partial charge in [0.2, 0.25) is 0 Å². The van der Waals surface area contributed by atoms with Gasteiger partial charge in [-0.15, -0.1) is 0 Å². The molecule has 0 bridgehead atoms. The summed E-state index contributed by atoms with van der Waals surface area (Å²) >= 11 is 12.2. The summed E-state index contributed by atoms with van der Waals surface area (Å²) in [7, 11) is 0. The molecule has 0 aliphatic heterocycles. The number of non-ortho nitro benzene ring substituents is 1. The summed E-state index contributed by atoms with van der Waals surface area (Å²) in [5.41, 5.74) is 1.32. The molecule has 2 aromatic carbocycles. The lowest BCUT2D eigenvalue weighted by molar-refractivity contribution is -0.384. The van der Waals surface area contributed by atoms with Gasteiger partial charge in [0.1, 0.15) is 24.3 Å². The lowest BCUT2D eigenvalue weighted by atomic mass is 10.2. The number of oxime groups is 1. The molecule has 3 rings (SSSR count). The van der Waals surface area contributed by atoms with Gasteiger partial charge in [0.15, 0.2) is 0 Å². The number of hydrogen-bond donors (Lipinski definition) is 0. The Morgan fingerprint density at radius 1 is 1.15 bits per heavy atom. The number of benzene rings is 2. The van der Waals surface area contributed by atoms with E-state index in [1.807, 2.05) is 0 Å². The third-order valence-electron chi connectivity index (χ3n) is 3.45. The summed E-state index contributed by atoms with van der Waals surface area (Å²) in [5.74, 6) is 1.02. The van der Waals surface area contributed by atoms with E-state index in [-0.39, 0.29) is 12.3 Å². The number of halogens is 2. The molecule has 0 N–H and O–H groups in total. The third-order valence-corrected chi connectivity index (χ3v) is 4.27. The van der Waals surface area contributed by atoms with Crippen LogP contribution >= 0.6 is 23.2 Å². The van der Waals surface area contributed by atoms with E-state index >= 15 is 0 Å². The van der Waals surface area contributed by atoms with Crippen LogP contribution in [0, 0.1) is 10.1 Å². The minimum atomic E-state index is -0.460. The van der Waals surface area contributed by atoms with Gasteiger partial charge in [-0.25, -0.2) is 0 Å². The van der Waals surface area contributed by atoms with Crippen LogP contribution in [0.2, 0.25) is 10.0 Å². The predicted molar refractivity (Wildman–Crippen MR) is 99.6 cm³/mol. The molecule has 0 aliphatic carbocycles. The standard InChI is InChI=1S/C18H12Cl2N2O4/c19-16-6-2-5-15(18(16)20)17-8-7-14(26-17)10-21-25-11-12-3-1-4-13(9-12)22(23)24/h1-10H,11H2/b21-10+. The van der Waals surface area contributed by atoms with Gasteiger partial charge < -0.3 is 9.25 Å². The minimum Gasteiger partial charge on any atom is -0.455 e. The second-order valence-corrected chi connectivity index (χ2v) is 6.02. The topological polar surface area (TPSA) is 77.9 Å². The van der Waals surface area contributed by atoms with Crippen molar-refractivity contribution in [2.45, 2.75) is 6.61 Å². The summed E-state index contributed by atoms with van der Waals surface area (Å²) in [4.78, 5) is 15.4. The summed E-state index contributed by atoms with van der Waals surface area (Å²) in [6, 6.07) is 14.9. The highest BCUT2D eigenvalue weighted by Crippen LogP contribution is 2.34. The van der Waals surface area contributed by atoms with Crippen molar-refractivity contribution >= 4 is 35.1 Å². The van der Waals surface area contributed by atoms with Crippen molar-refractivity contribution in [2.24, 2.45) is 5.16 Å². The fraction of sp³-hybridized carbons (Fsp3) is 0.0556. The van der Waals surface area contributed by atoms with Gasteiger partial charge in [-0.05, 0) is 29.8 Å². The zero-order chi connectivity index (χ0) is 18.5. The Bertz CT molecular complexity index is 969. The monoisotopic (exact) mass is 390 g/mol. The van der Waals surface area contributed by atoms with Gasteiger partial charge in [0.25, 0.3) is 5.69 Å². The van der Waals surface area contributed by atoms with Crippen molar-refractivity contribution in [2.75, 3.05) is 0 Å². The molecule has 0 saturated heterocycles. The van der Waals surface area contributed by atoms with E-state index in [4.69, 9.17) is 32.5 Å². The highest BCUT2D eigenvalue weighted by Gasteiger charge is 2.10. The molecule has 1 aromatic heterocycles. The van der Waals surface area contributed by atoms with Crippen molar-refractivity contribution in [3.8, 4) is 11.3 Å². The van der Waals surface area contributed by atoms with E-state index in [2.05, 4.69) is 5.16 Å². The van der Waals surface area contributed by atoms with Crippen molar-refractivity contribution in [1.82, 2.24) is 0 Å². The Kier molecular flexibility index (Phi) is 5.55. The number of rotatable bonds is 6. The van der Waals surface area contributed by atoms with Crippen molar-refractivity contribution in [3.63, 3.8) is 0 Å². The Morgan fingerprint density at radius 2 is 1.96 bits per heavy atom. The van der Waals surface area contributed by atoms with Crippen LogP contribution in [0.4, 0.5) is 5.69 Å². The summed E-state index contributed by atoms with van der Waals surface area (Å²) < 4.78 is 5.65. The lowest BCUT2D eigenvalue weighted by Crippen LogP contribution is -1.92. The Hall–Kier alpha value is -2.83. The van der Waals surface area contributed by atoms with Crippen LogP contribution in [0.25, 0.3) is 11.3 Å². The first-order chi connectivity index (χ1) is 12.5. The van der Waals surface area contributed by atoms with Crippen LogP contribution in [0.15, 0.2) is 64.2 Å². The zero-order valence-electron chi connectivity index (χ0n) is 13.3. The smallest absolute Gasteiger partial charge is 0.269 e. The molecule has 0 saturated carbocycles. The van der Waals surface area contributed by atoms with Gasteiger partial charge in [-0.1, -0.05) is 46.6 Å². The molecule has 8 heteroatoms. The molecule has 0 amide bonds. The Morgan fingerprint density at radius 3 is 2.77 bits per heavy atom. The molecule has 0 radical (unpaired) electrons. The van der Waals surface area contributed by atoms with E-state index in [1.54, 1.807) is 42.5 Å². The molecule has 0 unspecified atom stereocenters. The molecule has 0 spiro atoms. The largest absolute Gasteiger partial charge is 0.455 e. The molecular weight excluding hydrogens is 379 g/mol. The van der Waals surface area contributed by atoms with Crippen molar-refractivity contribution < 1.29 is 14.2 Å². The summed E-state index contributed by atoms with van der Waals surface area (Å²) in [5, 5.41) is 15.4. The summed E-state index contributed by atoms with van der Waals surface area (Å²) in [6.07, 6.45) is 1.40. The summed E-state index contributed by atoms with van der Waals surface area (Å²) in [6.45, 7) is 0.103. The van der Waals surface area contributed by atoms with Crippen molar-refractivity contribution in [1.29, 1.82) is 0 Å². The fourth-order valence-corrected chi connectivity index (χ4v) is 2.62. The third kappa shape index (κ3) is 4.22. The molecule has 0 aliphatic rings. The van der Waals surface area contributed by atoms with Crippen LogP contribution in [0.5, 0.6) is 0 Å². The average Bonchev–Trinajstić information content (AvgIpc) is 3.10. The second kappa shape index (κ2) is 8.03. The van der Waals surface area contributed by atoms with E-state index in [1.165, 1.54) is 18.3 Å². The SMILES string of the molecule is O=[N+]([O-])c1cccc(CO/N=C/c2ccc(-c3cccc(Cl)c3Cl)o2)c1. The van der Waals surface area contributed by atoms with Crippen LogP contribution in [-0.4, -0.2) is 11.1 Å². The van der Waals surface area contributed by atoms with Gasteiger partial charge in [-0.2, -0.15) is 0 Å². The first-order valence-electron chi connectivity index (χ1n) is 7.47. The first kappa shape index (κ1) is 18.0. The highest BCUT2D eigenvalue weighted by molar-refractivity contribution is 6.43. The maximum atomic E-state index is 10.7. The predicted octanol–water partition coefficient (Wildman–Crippen LogP) is 5.71. The van der Waals surface area contributed by atoms with Gasteiger partial charge in [0, 0.05) is 17.7 Å². The molecule has 0 fully saturated rings. The average molecular weight is 391 g/mol. The zero-order valence-corrected chi connectivity index (χ0v) is 14.8. The molecule has 6 nitrogen and oxygen atoms in total. The fourth-order valence-electron chi connectivity index (χ4n) is 2.22. The molecular formula is C18H12Cl2N2O4. The number of nitrogens with zero attached hydrogens (tertiary/aromatic N) is 2. The van der Waals surface area contributed by atoms with Crippen LogP contribution in [-0.2, 0) is 11.4 Å². The number of nitro groups is 1. The number of furan rings is 1. The van der Waals surface area contributed by atoms with Crippen LogP contribution < -0.4 is 0 Å². The Balaban J connectivity index is 1.63. The van der Waals surface area contributed by atoms with Gasteiger partial charge in [0.05, 0.1) is 15.0 Å². The van der Waals surface area contributed by atoms with E-state index in [0.717, 1.165) is 0 Å². The van der Waals surface area contributed by atoms with Gasteiger partial charge >= 0.3 is 0 Å². The van der Waals surface area contributed by atoms with Crippen LogP contribution in [0.3, 0.4) is 0 Å². The van der Waals surface area contributed by atoms with E-state index in [9.17, 15) is 10.1 Å². The normalized spacial score (nSPS) is 11.0.